The third kappa shape index (κ3) is 4.36. The molecule has 0 bridgehead atoms. The first kappa shape index (κ1) is 19.1. The van der Waals surface area contributed by atoms with Crippen molar-refractivity contribution in [1.82, 2.24) is 9.88 Å². The van der Waals surface area contributed by atoms with Gasteiger partial charge in [0.2, 0.25) is 5.91 Å². The molecule has 0 aliphatic carbocycles. The number of hydrogen-bond acceptors (Lipinski definition) is 5. The molecule has 0 saturated carbocycles. The molecule has 1 amide bonds. The number of carbonyl (C=O) groups is 2. The molecule has 27 heavy (non-hydrogen) atoms. The summed E-state index contributed by atoms with van der Waals surface area (Å²) in [4.78, 5) is 30.2. The van der Waals surface area contributed by atoms with Crippen LogP contribution in [0.1, 0.15) is 25.2 Å². The third-order valence-corrected chi connectivity index (χ3v) is 4.97. The highest BCUT2D eigenvalue weighted by Crippen LogP contribution is 2.31. The number of carbonyl (C=O) groups excluding carboxylic acids is 1. The van der Waals surface area contributed by atoms with Gasteiger partial charge >= 0.3 is 5.97 Å². The number of oxazole rings is 1. The van der Waals surface area contributed by atoms with Crippen LogP contribution in [0.15, 0.2) is 40.9 Å². The monoisotopic (exact) mass is 372 g/mol. The van der Waals surface area contributed by atoms with Gasteiger partial charge in [0.05, 0.1) is 12.8 Å². The lowest BCUT2D eigenvalue weighted by atomic mass is 9.80. The summed E-state index contributed by atoms with van der Waals surface area (Å²) in [6, 6.07) is 9.64. The zero-order valence-corrected chi connectivity index (χ0v) is 15.4. The number of carboxylic acids is 1. The van der Waals surface area contributed by atoms with E-state index < -0.39 is 11.4 Å². The zero-order valence-electron chi connectivity index (χ0n) is 15.4. The summed E-state index contributed by atoms with van der Waals surface area (Å²) in [5, 5.41) is 9.60. The summed E-state index contributed by atoms with van der Waals surface area (Å²) in [5.74, 6) is 0.166. The van der Waals surface area contributed by atoms with Gasteiger partial charge < -0.3 is 19.2 Å². The molecular weight excluding hydrogens is 348 g/mol. The average molecular weight is 372 g/mol. The molecule has 2 aromatic rings. The normalized spacial score (nSPS) is 19.8. The van der Waals surface area contributed by atoms with E-state index in [0.29, 0.717) is 37.5 Å². The van der Waals surface area contributed by atoms with Crippen molar-refractivity contribution in [2.75, 3.05) is 26.8 Å². The number of hydrogen-bond donors (Lipinski definition) is 1. The Balaban J connectivity index is 1.59. The number of aromatic nitrogens is 1. The van der Waals surface area contributed by atoms with Gasteiger partial charge in [-0.25, -0.2) is 4.98 Å². The molecule has 0 spiro atoms. The number of piperidine rings is 1. The van der Waals surface area contributed by atoms with E-state index >= 15 is 0 Å². The lowest BCUT2D eigenvalue weighted by molar-refractivity contribution is -0.159. The molecule has 1 N–H and O–H groups in total. The second-order valence-corrected chi connectivity index (χ2v) is 6.92. The van der Waals surface area contributed by atoms with E-state index in [9.17, 15) is 14.7 Å². The van der Waals surface area contributed by atoms with Crippen LogP contribution in [0.5, 0.6) is 0 Å². The molecule has 1 aromatic heterocycles. The lowest BCUT2D eigenvalue weighted by Crippen LogP contribution is -2.52. The molecule has 1 unspecified atom stereocenters. The molecule has 7 nitrogen and oxygen atoms in total. The number of rotatable bonds is 7. The van der Waals surface area contributed by atoms with E-state index in [2.05, 4.69) is 4.98 Å². The summed E-state index contributed by atoms with van der Waals surface area (Å²) in [6.07, 6.45) is 3.44. The van der Waals surface area contributed by atoms with Gasteiger partial charge in [0.25, 0.3) is 0 Å². The topological polar surface area (TPSA) is 92.9 Å². The Hall–Kier alpha value is -2.67. The predicted octanol–water partition coefficient (Wildman–Crippen LogP) is 2.61. The second-order valence-electron chi connectivity index (χ2n) is 6.92. The third-order valence-electron chi connectivity index (χ3n) is 4.97. The Morgan fingerprint density at radius 3 is 2.81 bits per heavy atom. The molecule has 2 heterocycles. The number of carboxylic acid groups (broad SMARTS) is 1. The summed E-state index contributed by atoms with van der Waals surface area (Å²) in [6.45, 7) is 0.848. The molecule has 0 radical (unpaired) electrons. The van der Waals surface area contributed by atoms with Gasteiger partial charge in [-0.3, -0.25) is 9.59 Å². The fourth-order valence-electron chi connectivity index (χ4n) is 3.51. The van der Waals surface area contributed by atoms with Gasteiger partial charge in [-0.15, -0.1) is 0 Å². The van der Waals surface area contributed by atoms with Crippen molar-refractivity contribution in [2.45, 2.75) is 25.7 Å². The van der Waals surface area contributed by atoms with Gasteiger partial charge in [-0.05, 0) is 12.8 Å². The number of aliphatic carboxylic acids is 1. The minimum atomic E-state index is -1.02. The van der Waals surface area contributed by atoms with E-state index in [1.807, 2.05) is 30.3 Å². The molecular formula is C20H24N2O5. The number of nitrogens with zero attached hydrogens (tertiary/aromatic N) is 2. The Bertz CT molecular complexity index is 785. The molecule has 1 aliphatic heterocycles. The number of methoxy groups -OCH3 is 1. The van der Waals surface area contributed by atoms with Crippen LogP contribution in [-0.4, -0.2) is 53.7 Å². The van der Waals surface area contributed by atoms with E-state index in [1.54, 1.807) is 11.1 Å². The summed E-state index contributed by atoms with van der Waals surface area (Å²) in [5.41, 5.74) is -0.0871. The van der Waals surface area contributed by atoms with E-state index in [4.69, 9.17) is 9.15 Å². The van der Waals surface area contributed by atoms with Gasteiger partial charge in [0.1, 0.15) is 5.41 Å². The van der Waals surface area contributed by atoms with Crippen molar-refractivity contribution in [1.29, 1.82) is 0 Å². The average Bonchev–Trinajstić information content (AvgIpc) is 3.16. The minimum absolute atomic E-state index is 0.0871. The first-order valence-electron chi connectivity index (χ1n) is 9.04. The van der Waals surface area contributed by atoms with Crippen molar-refractivity contribution in [3.8, 4) is 11.3 Å². The van der Waals surface area contributed by atoms with E-state index in [1.165, 1.54) is 7.11 Å². The standard InChI is InChI=1S/C20H24N2O5/c1-26-14-20(19(24)25)10-5-11-22(13-20)18(23)9-8-17-21-12-16(27-17)15-6-3-2-4-7-15/h2-4,6-7,12H,5,8-11,13-14H2,1H3,(H,24,25). The van der Waals surface area contributed by atoms with Crippen LogP contribution < -0.4 is 0 Å². The number of likely N-dealkylation sites (tertiary alicyclic amines) is 1. The van der Waals surface area contributed by atoms with E-state index in [0.717, 1.165) is 5.56 Å². The fraction of sp³-hybridized carbons (Fsp3) is 0.450. The minimum Gasteiger partial charge on any atom is -0.481 e. The number of amides is 1. The Morgan fingerprint density at radius 1 is 1.33 bits per heavy atom. The second kappa shape index (κ2) is 8.35. The number of benzene rings is 1. The smallest absolute Gasteiger partial charge is 0.313 e. The Kier molecular flexibility index (Phi) is 5.91. The van der Waals surface area contributed by atoms with Crippen LogP contribution in [0.2, 0.25) is 0 Å². The maximum atomic E-state index is 12.6. The van der Waals surface area contributed by atoms with Crippen molar-refractivity contribution < 1.29 is 23.8 Å². The molecule has 1 fully saturated rings. The SMILES string of the molecule is COCC1(C(=O)O)CCCN(C(=O)CCc2ncc(-c3ccccc3)o2)C1. The van der Waals surface area contributed by atoms with Crippen LogP contribution in [-0.2, 0) is 20.7 Å². The highest BCUT2D eigenvalue weighted by atomic mass is 16.5. The number of aryl methyl sites for hydroxylation is 1. The first-order chi connectivity index (χ1) is 13.0. The van der Waals surface area contributed by atoms with Crippen LogP contribution in [0.25, 0.3) is 11.3 Å². The van der Waals surface area contributed by atoms with Gasteiger partial charge in [0, 0.05) is 38.6 Å². The highest BCUT2D eigenvalue weighted by Gasteiger charge is 2.43. The van der Waals surface area contributed by atoms with Gasteiger partial charge in [-0.1, -0.05) is 30.3 Å². The van der Waals surface area contributed by atoms with Crippen molar-refractivity contribution in [3.05, 3.63) is 42.4 Å². The Labute approximate surface area is 158 Å². The zero-order chi connectivity index (χ0) is 19.3. The molecule has 1 atom stereocenters. The largest absolute Gasteiger partial charge is 0.481 e. The number of ether oxygens (including phenoxy) is 1. The van der Waals surface area contributed by atoms with Crippen molar-refractivity contribution >= 4 is 11.9 Å². The summed E-state index contributed by atoms with van der Waals surface area (Å²) in [7, 11) is 1.48. The summed E-state index contributed by atoms with van der Waals surface area (Å²) >= 11 is 0. The quantitative estimate of drug-likeness (QED) is 0.803. The van der Waals surface area contributed by atoms with Crippen LogP contribution in [0.3, 0.4) is 0 Å². The summed E-state index contributed by atoms with van der Waals surface area (Å²) < 4.78 is 10.8. The highest BCUT2D eigenvalue weighted by molar-refractivity contribution is 5.80. The maximum Gasteiger partial charge on any atom is 0.313 e. The molecule has 144 valence electrons. The van der Waals surface area contributed by atoms with E-state index in [-0.39, 0.29) is 25.5 Å². The van der Waals surface area contributed by atoms with Crippen molar-refractivity contribution in [2.24, 2.45) is 5.41 Å². The predicted molar refractivity (Wildman–Crippen MR) is 98.0 cm³/mol. The lowest BCUT2D eigenvalue weighted by Gasteiger charge is -2.39. The first-order valence-corrected chi connectivity index (χ1v) is 9.04. The van der Waals surface area contributed by atoms with Crippen molar-refractivity contribution in [3.63, 3.8) is 0 Å². The molecule has 1 aromatic carbocycles. The molecule has 1 saturated heterocycles. The molecule has 3 rings (SSSR count). The van der Waals surface area contributed by atoms with Gasteiger partial charge in [0.15, 0.2) is 11.7 Å². The van der Waals surface area contributed by atoms with Crippen LogP contribution >= 0.6 is 0 Å². The molecule has 7 heteroatoms. The van der Waals surface area contributed by atoms with Crippen LogP contribution in [0.4, 0.5) is 0 Å². The fourth-order valence-corrected chi connectivity index (χ4v) is 3.51. The van der Waals surface area contributed by atoms with Crippen LogP contribution in [0, 0.1) is 5.41 Å². The maximum absolute atomic E-state index is 12.6. The molecule has 1 aliphatic rings. The Morgan fingerprint density at radius 2 is 2.11 bits per heavy atom. The van der Waals surface area contributed by atoms with Gasteiger partial charge in [-0.2, -0.15) is 0 Å².